The predicted molar refractivity (Wildman–Crippen MR) is 64.9 cm³/mol. The van der Waals surface area contributed by atoms with Crippen LogP contribution in [0.3, 0.4) is 0 Å². The van der Waals surface area contributed by atoms with E-state index in [0.717, 1.165) is 10.8 Å². The maximum absolute atomic E-state index is 11.8. The van der Waals surface area contributed by atoms with Gasteiger partial charge in [0, 0.05) is 6.92 Å². The molecule has 0 spiro atoms. The van der Waals surface area contributed by atoms with Crippen molar-refractivity contribution in [3.63, 3.8) is 0 Å². The Balaban J connectivity index is 3.15. The average molecular weight is 286 g/mol. The molecule has 10 heteroatoms. The van der Waals surface area contributed by atoms with Gasteiger partial charge in [0.25, 0.3) is 6.17 Å². The SMILES string of the molecule is CCOC(=O)C(NCC(=O)O)n1c([N+](=O)[O-])cnc1C. The number of carboxylic acid groups (broad SMARTS) is 1. The summed E-state index contributed by atoms with van der Waals surface area (Å²) in [6.45, 7) is 2.53. The Bertz CT molecular complexity index is 526. The number of rotatable bonds is 7. The van der Waals surface area contributed by atoms with Gasteiger partial charge in [-0.3, -0.25) is 10.1 Å². The quantitative estimate of drug-likeness (QED) is 0.400. The number of nitrogens with zero attached hydrogens (tertiary/aromatic N) is 3. The number of hydrogen-bond donors (Lipinski definition) is 2. The maximum Gasteiger partial charge on any atom is 0.367 e. The van der Waals surface area contributed by atoms with Gasteiger partial charge in [0.15, 0.2) is 5.82 Å². The normalized spacial score (nSPS) is 11.9. The van der Waals surface area contributed by atoms with Crippen molar-refractivity contribution in [2.24, 2.45) is 0 Å². The summed E-state index contributed by atoms with van der Waals surface area (Å²) >= 11 is 0. The molecule has 1 heterocycles. The first-order valence-electron chi connectivity index (χ1n) is 5.68. The highest BCUT2D eigenvalue weighted by atomic mass is 16.6. The summed E-state index contributed by atoms with van der Waals surface area (Å²) in [6, 6.07) is 0. The largest absolute Gasteiger partial charge is 0.480 e. The van der Waals surface area contributed by atoms with E-state index in [9.17, 15) is 19.7 Å². The van der Waals surface area contributed by atoms with Gasteiger partial charge in [0.1, 0.15) is 6.20 Å². The van der Waals surface area contributed by atoms with Crippen molar-refractivity contribution in [2.75, 3.05) is 13.2 Å². The lowest BCUT2D eigenvalue weighted by Crippen LogP contribution is -2.38. The van der Waals surface area contributed by atoms with E-state index >= 15 is 0 Å². The molecule has 1 aromatic rings. The van der Waals surface area contributed by atoms with E-state index < -0.39 is 35.4 Å². The molecule has 0 aliphatic rings. The summed E-state index contributed by atoms with van der Waals surface area (Å²) in [6.07, 6.45) is -0.335. The molecule has 2 N–H and O–H groups in total. The molecule has 1 atom stereocenters. The van der Waals surface area contributed by atoms with E-state index in [1.165, 1.54) is 6.92 Å². The number of carbonyl (C=O) groups excluding carboxylic acids is 1. The standard InChI is InChI=1S/C10H14N4O6/c1-3-20-10(17)9(12-5-8(15)16)13-6(2)11-4-7(13)14(18)19/h4,9,12H,3,5H2,1-2H3,(H,15,16). The second-order valence-corrected chi connectivity index (χ2v) is 3.72. The molecule has 110 valence electrons. The summed E-state index contributed by atoms with van der Waals surface area (Å²) in [5, 5.41) is 21.9. The number of aryl methyl sites for hydroxylation is 1. The molecule has 0 fully saturated rings. The van der Waals surface area contributed by atoms with Crippen LogP contribution in [0, 0.1) is 17.0 Å². The third-order valence-corrected chi connectivity index (χ3v) is 2.36. The zero-order valence-corrected chi connectivity index (χ0v) is 10.9. The van der Waals surface area contributed by atoms with E-state index in [1.807, 2.05) is 0 Å². The van der Waals surface area contributed by atoms with Gasteiger partial charge in [-0.1, -0.05) is 0 Å². The minimum absolute atomic E-state index is 0.0611. The molecule has 20 heavy (non-hydrogen) atoms. The first-order valence-corrected chi connectivity index (χ1v) is 5.68. The predicted octanol–water partition coefficient (Wildman–Crippen LogP) is -0.164. The number of imidazole rings is 1. The Labute approximate surface area is 113 Å². The second-order valence-electron chi connectivity index (χ2n) is 3.72. The van der Waals surface area contributed by atoms with Crippen molar-refractivity contribution < 1.29 is 24.4 Å². The lowest BCUT2D eigenvalue weighted by Gasteiger charge is -2.15. The van der Waals surface area contributed by atoms with Crippen LogP contribution in [0.25, 0.3) is 0 Å². The van der Waals surface area contributed by atoms with Crippen LogP contribution in [0.5, 0.6) is 0 Å². The molecule has 0 aliphatic heterocycles. The Kier molecular flexibility index (Phi) is 5.15. The number of carbonyl (C=O) groups is 2. The number of hydrogen-bond acceptors (Lipinski definition) is 7. The molecule has 0 radical (unpaired) electrons. The van der Waals surface area contributed by atoms with E-state index in [-0.39, 0.29) is 12.4 Å². The molecule has 0 saturated heterocycles. The smallest absolute Gasteiger partial charge is 0.367 e. The third kappa shape index (κ3) is 3.51. The Morgan fingerprint density at radius 3 is 2.80 bits per heavy atom. The number of carboxylic acids is 1. The van der Waals surface area contributed by atoms with Crippen LogP contribution in [0.2, 0.25) is 0 Å². The lowest BCUT2D eigenvalue weighted by atomic mass is 10.4. The van der Waals surface area contributed by atoms with Crippen LogP contribution in [0.15, 0.2) is 6.20 Å². The average Bonchev–Trinajstić information content (AvgIpc) is 2.72. The van der Waals surface area contributed by atoms with Crippen LogP contribution in [-0.2, 0) is 14.3 Å². The van der Waals surface area contributed by atoms with Crippen LogP contribution in [0.1, 0.15) is 18.9 Å². The van der Waals surface area contributed by atoms with Gasteiger partial charge in [0.2, 0.25) is 0 Å². The monoisotopic (exact) mass is 286 g/mol. The fraction of sp³-hybridized carbons (Fsp3) is 0.500. The molecule has 0 bridgehead atoms. The first kappa shape index (κ1) is 15.6. The van der Waals surface area contributed by atoms with Crippen LogP contribution >= 0.6 is 0 Å². The molecule has 0 aliphatic carbocycles. The Morgan fingerprint density at radius 2 is 2.30 bits per heavy atom. The molecular weight excluding hydrogens is 272 g/mol. The zero-order chi connectivity index (χ0) is 15.3. The number of ether oxygens (including phenoxy) is 1. The molecule has 1 aromatic heterocycles. The van der Waals surface area contributed by atoms with Crippen molar-refractivity contribution in [1.29, 1.82) is 0 Å². The van der Waals surface area contributed by atoms with Crippen molar-refractivity contribution in [3.05, 3.63) is 22.1 Å². The number of esters is 1. The van der Waals surface area contributed by atoms with Crippen molar-refractivity contribution in [2.45, 2.75) is 20.0 Å². The maximum atomic E-state index is 11.8. The molecule has 1 rings (SSSR count). The van der Waals surface area contributed by atoms with Gasteiger partial charge >= 0.3 is 17.8 Å². The van der Waals surface area contributed by atoms with Crippen molar-refractivity contribution in [1.82, 2.24) is 14.9 Å². The van der Waals surface area contributed by atoms with E-state index in [2.05, 4.69) is 10.3 Å². The van der Waals surface area contributed by atoms with E-state index in [1.54, 1.807) is 6.92 Å². The van der Waals surface area contributed by atoms with Crippen molar-refractivity contribution in [3.8, 4) is 0 Å². The summed E-state index contributed by atoms with van der Waals surface area (Å²) in [7, 11) is 0. The molecule has 0 saturated carbocycles. The minimum atomic E-state index is -1.33. The molecular formula is C10H14N4O6. The zero-order valence-electron chi connectivity index (χ0n) is 10.9. The lowest BCUT2D eigenvalue weighted by molar-refractivity contribution is -0.392. The van der Waals surface area contributed by atoms with Gasteiger partial charge in [-0.25, -0.2) is 9.78 Å². The Morgan fingerprint density at radius 1 is 1.65 bits per heavy atom. The number of aromatic nitrogens is 2. The summed E-state index contributed by atoms with van der Waals surface area (Å²) < 4.78 is 5.77. The van der Waals surface area contributed by atoms with Crippen molar-refractivity contribution >= 4 is 17.8 Å². The Hall–Kier alpha value is -2.49. The van der Waals surface area contributed by atoms with E-state index in [0.29, 0.717) is 0 Å². The van der Waals surface area contributed by atoms with Crippen LogP contribution in [0.4, 0.5) is 5.82 Å². The van der Waals surface area contributed by atoms with Gasteiger partial charge in [-0.05, 0) is 11.8 Å². The molecule has 0 amide bonds. The molecule has 0 aromatic carbocycles. The van der Waals surface area contributed by atoms with E-state index in [4.69, 9.17) is 9.84 Å². The highest BCUT2D eigenvalue weighted by Gasteiger charge is 2.33. The number of aliphatic carboxylic acids is 1. The molecule has 10 nitrogen and oxygen atoms in total. The first-order chi connectivity index (χ1) is 9.38. The summed E-state index contributed by atoms with van der Waals surface area (Å²) in [4.78, 5) is 36.4. The summed E-state index contributed by atoms with van der Waals surface area (Å²) in [5.41, 5.74) is 0. The van der Waals surface area contributed by atoms with Gasteiger partial charge in [0.05, 0.1) is 13.2 Å². The molecule has 1 unspecified atom stereocenters. The van der Waals surface area contributed by atoms with Gasteiger partial charge in [-0.2, -0.15) is 4.57 Å². The minimum Gasteiger partial charge on any atom is -0.480 e. The fourth-order valence-electron chi connectivity index (χ4n) is 1.58. The van der Waals surface area contributed by atoms with Gasteiger partial charge < -0.3 is 20.0 Å². The number of nitrogens with one attached hydrogen (secondary N) is 1. The van der Waals surface area contributed by atoms with Crippen LogP contribution < -0.4 is 5.32 Å². The third-order valence-electron chi connectivity index (χ3n) is 2.36. The highest BCUT2D eigenvalue weighted by Crippen LogP contribution is 2.19. The fourth-order valence-corrected chi connectivity index (χ4v) is 1.58. The summed E-state index contributed by atoms with van der Waals surface area (Å²) in [5.74, 6) is -2.27. The number of nitro groups is 1. The topological polar surface area (TPSA) is 137 Å². The highest BCUT2D eigenvalue weighted by molar-refractivity contribution is 5.76. The van der Waals surface area contributed by atoms with Crippen LogP contribution in [-0.4, -0.2) is 44.7 Å². The second kappa shape index (κ2) is 6.61. The van der Waals surface area contributed by atoms with Gasteiger partial charge in [-0.15, -0.1) is 0 Å².